The molecule has 4 atom stereocenters. The van der Waals surface area contributed by atoms with E-state index in [4.69, 9.17) is 15.9 Å². The summed E-state index contributed by atoms with van der Waals surface area (Å²) in [6.07, 6.45) is -5.65. The average molecular weight is 253 g/mol. The van der Waals surface area contributed by atoms with Crippen LogP contribution in [0.15, 0.2) is 5.10 Å². The predicted molar refractivity (Wildman–Crippen MR) is 59.5 cm³/mol. The molecule has 0 amide bonds. The molecule has 4 unspecified atom stereocenters. The summed E-state index contributed by atoms with van der Waals surface area (Å²) in [5.74, 6) is 0. The van der Waals surface area contributed by atoms with E-state index in [1.807, 2.05) is 0 Å². The second-order valence-electron chi connectivity index (χ2n) is 2.98. The summed E-state index contributed by atoms with van der Waals surface area (Å²) in [7, 11) is 0. The lowest BCUT2D eigenvalue weighted by molar-refractivity contribution is -0.0999. The number of hydrogen-bond donors (Lipinski definition) is 7. The molecule has 9 heteroatoms. The lowest BCUT2D eigenvalue weighted by Crippen LogP contribution is -2.46. The molecule has 0 aromatic carbocycles. The fourth-order valence-corrected chi connectivity index (χ4v) is 0.856. The van der Waals surface area contributed by atoms with Crippen LogP contribution in [0.3, 0.4) is 0 Å². The van der Waals surface area contributed by atoms with Crippen LogP contribution in [0.5, 0.6) is 0 Å². The van der Waals surface area contributed by atoms with E-state index in [1.54, 1.807) is 0 Å². The van der Waals surface area contributed by atoms with E-state index in [1.165, 1.54) is 0 Å². The van der Waals surface area contributed by atoms with Crippen LogP contribution < -0.4 is 11.2 Å². The van der Waals surface area contributed by atoms with Crippen LogP contribution in [0, 0.1) is 0 Å². The summed E-state index contributed by atoms with van der Waals surface area (Å²) in [5.41, 5.74) is 7.15. The minimum atomic E-state index is -1.70. The number of hydrogen-bond acceptors (Lipinski definition) is 7. The Bertz CT molecular complexity index is 252. The zero-order valence-corrected chi connectivity index (χ0v) is 9.08. The van der Waals surface area contributed by atoms with Crippen molar-refractivity contribution in [1.82, 2.24) is 5.43 Å². The van der Waals surface area contributed by atoms with Gasteiger partial charge in [0.1, 0.15) is 24.4 Å². The first-order valence-electron chi connectivity index (χ1n) is 4.32. The zero-order valence-electron chi connectivity index (χ0n) is 8.26. The second-order valence-corrected chi connectivity index (χ2v) is 3.42. The standard InChI is InChI=1S/C7H15N3O5S/c8-7(16)10-9-1-3(12)5(14)6(15)4(13)2-11/h1,3-6,11-15H,2H2,(H3,8,10,16). The van der Waals surface area contributed by atoms with E-state index in [2.05, 4.69) is 22.7 Å². The van der Waals surface area contributed by atoms with Crippen molar-refractivity contribution in [2.75, 3.05) is 6.61 Å². The molecule has 0 spiro atoms. The van der Waals surface area contributed by atoms with Crippen molar-refractivity contribution in [2.45, 2.75) is 24.4 Å². The van der Waals surface area contributed by atoms with Crippen molar-refractivity contribution < 1.29 is 25.5 Å². The fraction of sp³-hybridized carbons (Fsp3) is 0.714. The number of rotatable bonds is 6. The number of nitrogens with two attached hydrogens (primary N) is 1. The van der Waals surface area contributed by atoms with E-state index in [-0.39, 0.29) is 5.11 Å². The molecule has 0 aliphatic heterocycles. The van der Waals surface area contributed by atoms with Gasteiger partial charge in [-0.1, -0.05) is 0 Å². The Morgan fingerprint density at radius 1 is 1.31 bits per heavy atom. The highest BCUT2D eigenvalue weighted by molar-refractivity contribution is 7.80. The Hall–Kier alpha value is -0.840. The molecule has 0 saturated carbocycles. The SMILES string of the molecule is NC(=S)NN=CC(O)C(O)C(O)C(O)CO. The molecule has 8 N–H and O–H groups in total. The molecule has 0 radical (unpaired) electrons. The van der Waals surface area contributed by atoms with Crippen molar-refractivity contribution in [3.05, 3.63) is 0 Å². The molecule has 0 aromatic heterocycles. The van der Waals surface area contributed by atoms with Gasteiger partial charge in [-0.05, 0) is 12.2 Å². The highest BCUT2D eigenvalue weighted by Gasteiger charge is 2.29. The van der Waals surface area contributed by atoms with Crippen molar-refractivity contribution in [2.24, 2.45) is 10.8 Å². The van der Waals surface area contributed by atoms with Crippen LogP contribution in [-0.4, -0.2) is 67.9 Å². The highest BCUT2D eigenvalue weighted by atomic mass is 32.1. The van der Waals surface area contributed by atoms with Gasteiger partial charge in [-0.2, -0.15) is 5.10 Å². The average Bonchev–Trinajstić information content (AvgIpc) is 2.25. The van der Waals surface area contributed by atoms with E-state index in [0.29, 0.717) is 0 Å². The second kappa shape index (κ2) is 7.44. The fourth-order valence-electron chi connectivity index (χ4n) is 0.803. The Morgan fingerprint density at radius 3 is 2.31 bits per heavy atom. The quantitative estimate of drug-likeness (QED) is 0.145. The first-order chi connectivity index (χ1) is 7.40. The topological polar surface area (TPSA) is 152 Å². The molecule has 0 aliphatic carbocycles. The molecular weight excluding hydrogens is 238 g/mol. The molecule has 8 nitrogen and oxygen atoms in total. The Labute approximate surface area is 97.0 Å². The van der Waals surface area contributed by atoms with Crippen LogP contribution in [0.2, 0.25) is 0 Å². The molecule has 94 valence electrons. The monoisotopic (exact) mass is 253 g/mol. The third kappa shape index (κ3) is 5.30. The van der Waals surface area contributed by atoms with Crippen molar-refractivity contribution in [1.29, 1.82) is 0 Å². The van der Waals surface area contributed by atoms with Gasteiger partial charge in [-0.25, -0.2) is 0 Å². The normalized spacial score (nSPS) is 19.1. The summed E-state index contributed by atoms with van der Waals surface area (Å²) in [4.78, 5) is 0. The predicted octanol–water partition coefficient (Wildman–Crippen LogP) is -3.76. The maximum Gasteiger partial charge on any atom is 0.184 e. The Morgan fingerprint density at radius 2 is 1.88 bits per heavy atom. The molecule has 0 bridgehead atoms. The van der Waals surface area contributed by atoms with Crippen molar-refractivity contribution in [3.8, 4) is 0 Å². The summed E-state index contributed by atoms with van der Waals surface area (Å²) in [6.45, 7) is -0.743. The van der Waals surface area contributed by atoms with Gasteiger partial charge in [0, 0.05) is 0 Å². The van der Waals surface area contributed by atoms with E-state index < -0.39 is 31.0 Å². The largest absolute Gasteiger partial charge is 0.394 e. The molecule has 0 aromatic rings. The molecular formula is C7H15N3O5S. The van der Waals surface area contributed by atoms with Gasteiger partial charge in [0.25, 0.3) is 0 Å². The van der Waals surface area contributed by atoms with E-state index in [0.717, 1.165) is 6.21 Å². The lowest BCUT2D eigenvalue weighted by Gasteiger charge is -2.23. The summed E-state index contributed by atoms with van der Waals surface area (Å²) in [5, 5.41) is 48.5. The van der Waals surface area contributed by atoms with Gasteiger partial charge in [-0.3, -0.25) is 5.43 Å². The third-order valence-electron chi connectivity index (χ3n) is 1.68. The van der Waals surface area contributed by atoms with Gasteiger partial charge in [0.05, 0.1) is 12.8 Å². The first-order valence-corrected chi connectivity index (χ1v) is 4.72. The van der Waals surface area contributed by atoms with Gasteiger partial charge in [0.15, 0.2) is 5.11 Å². The first kappa shape index (κ1) is 15.2. The summed E-state index contributed by atoms with van der Waals surface area (Å²) >= 11 is 4.41. The number of nitrogens with one attached hydrogen (secondary N) is 1. The minimum absolute atomic E-state index is 0.131. The molecule has 0 saturated heterocycles. The van der Waals surface area contributed by atoms with Gasteiger partial charge in [0.2, 0.25) is 0 Å². The van der Waals surface area contributed by atoms with Crippen molar-refractivity contribution in [3.63, 3.8) is 0 Å². The minimum Gasteiger partial charge on any atom is -0.394 e. The van der Waals surface area contributed by atoms with Crippen LogP contribution in [0.25, 0.3) is 0 Å². The van der Waals surface area contributed by atoms with Gasteiger partial charge < -0.3 is 31.3 Å². The number of aliphatic hydroxyl groups is 5. The Balaban J connectivity index is 4.21. The number of nitrogens with zero attached hydrogens (tertiary/aromatic N) is 1. The third-order valence-corrected chi connectivity index (χ3v) is 1.77. The van der Waals surface area contributed by atoms with E-state index in [9.17, 15) is 15.3 Å². The van der Waals surface area contributed by atoms with Crippen LogP contribution >= 0.6 is 12.2 Å². The Kier molecular flexibility index (Phi) is 7.05. The van der Waals surface area contributed by atoms with Crippen molar-refractivity contribution >= 4 is 23.5 Å². The lowest BCUT2D eigenvalue weighted by atomic mass is 10.0. The summed E-state index contributed by atoms with van der Waals surface area (Å²) in [6, 6.07) is 0. The molecule has 0 rings (SSSR count). The van der Waals surface area contributed by atoms with Crippen LogP contribution in [-0.2, 0) is 0 Å². The molecule has 16 heavy (non-hydrogen) atoms. The van der Waals surface area contributed by atoms with Crippen LogP contribution in [0.4, 0.5) is 0 Å². The number of thiocarbonyl (C=S) groups is 1. The zero-order chi connectivity index (χ0) is 12.7. The number of aliphatic hydroxyl groups excluding tert-OH is 5. The number of hydrazone groups is 1. The summed E-state index contributed by atoms with van der Waals surface area (Å²) < 4.78 is 0. The van der Waals surface area contributed by atoms with Gasteiger partial charge in [-0.15, -0.1) is 0 Å². The smallest absolute Gasteiger partial charge is 0.184 e. The maximum atomic E-state index is 9.30. The maximum absolute atomic E-state index is 9.30. The van der Waals surface area contributed by atoms with Gasteiger partial charge >= 0.3 is 0 Å². The highest BCUT2D eigenvalue weighted by Crippen LogP contribution is 2.03. The van der Waals surface area contributed by atoms with Crippen LogP contribution in [0.1, 0.15) is 0 Å². The molecule has 0 aliphatic rings. The van der Waals surface area contributed by atoms with E-state index >= 15 is 0 Å². The molecule has 0 heterocycles. The molecule has 0 fully saturated rings.